The number of furan rings is 1. The van der Waals surface area contributed by atoms with Crippen LogP contribution in [0.5, 0.6) is 5.75 Å². The highest BCUT2D eigenvalue weighted by Crippen LogP contribution is 2.37. The second-order valence-corrected chi connectivity index (χ2v) is 8.10. The minimum atomic E-state index is 0.279. The molecule has 2 aromatic heterocycles. The van der Waals surface area contributed by atoms with E-state index in [1.165, 1.54) is 30.2 Å². The molecular weight excluding hydrogens is 400 g/mol. The number of aromatic nitrogens is 4. The van der Waals surface area contributed by atoms with E-state index in [9.17, 15) is 0 Å². The number of para-hydroxylation sites is 1. The minimum Gasteiger partial charge on any atom is -0.485 e. The van der Waals surface area contributed by atoms with Gasteiger partial charge in [0.2, 0.25) is 5.82 Å². The maximum absolute atomic E-state index is 6.35. The number of tetrazole rings is 1. The fourth-order valence-corrected chi connectivity index (χ4v) is 4.28. The summed E-state index contributed by atoms with van der Waals surface area (Å²) in [5, 5.41) is 17.4. The van der Waals surface area contributed by atoms with E-state index in [2.05, 4.69) is 76.9 Å². The molecule has 0 saturated carbocycles. The molecule has 0 spiro atoms. The van der Waals surface area contributed by atoms with E-state index in [4.69, 9.17) is 9.15 Å². The SMILES string of the molecule is CCCCCc1c(-c2ccc3c(C)c(OCc4nn[nH]n4)ccc3c2)oc2ccccc12. The van der Waals surface area contributed by atoms with Crippen molar-refractivity contribution in [2.45, 2.75) is 46.1 Å². The number of rotatable bonds is 8. The minimum absolute atomic E-state index is 0.279. The molecule has 3 aromatic carbocycles. The Balaban J connectivity index is 1.50. The van der Waals surface area contributed by atoms with Gasteiger partial charge in [-0.3, -0.25) is 0 Å². The molecule has 0 radical (unpaired) electrons. The Morgan fingerprint density at radius 3 is 2.75 bits per heavy atom. The Morgan fingerprint density at radius 1 is 1.00 bits per heavy atom. The highest BCUT2D eigenvalue weighted by atomic mass is 16.5. The molecule has 32 heavy (non-hydrogen) atoms. The van der Waals surface area contributed by atoms with Crippen molar-refractivity contribution in [3.8, 4) is 17.1 Å². The van der Waals surface area contributed by atoms with Crippen molar-refractivity contribution in [1.29, 1.82) is 0 Å². The van der Waals surface area contributed by atoms with Crippen LogP contribution in [0.4, 0.5) is 0 Å². The van der Waals surface area contributed by atoms with Gasteiger partial charge in [-0.15, -0.1) is 10.2 Å². The van der Waals surface area contributed by atoms with Crippen LogP contribution in [0.25, 0.3) is 33.1 Å². The molecule has 162 valence electrons. The highest BCUT2D eigenvalue weighted by Gasteiger charge is 2.16. The summed E-state index contributed by atoms with van der Waals surface area (Å²) in [4.78, 5) is 0. The van der Waals surface area contributed by atoms with E-state index < -0.39 is 0 Å². The van der Waals surface area contributed by atoms with Gasteiger partial charge in [0.05, 0.1) is 0 Å². The summed E-state index contributed by atoms with van der Waals surface area (Å²) in [6, 6.07) is 19.0. The molecule has 0 aliphatic carbocycles. The molecule has 0 amide bonds. The van der Waals surface area contributed by atoms with Gasteiger partial charge >= 0.3 is 0 Å². The van der Waals surface area contributed by atoms with E-state index in [0.29, 0.717) is 5.82 Å². The van der Waals surface area contributed by atoms with Crippen molar-refractivity contribution in [3.05, 3.63) is 71.5 Å². The van der Waals surface area contributed by atoms with Gasteiger partial charge in [0.15, 0.2) is 6.61 Å². The van der Waals surface area contributed by atoms with Crippen molar-refractivity contribution >= 4 is 21.7 Å². The zero-order chi connectivity index (χ0) is 21.9. The number of aryl methyl sites for hydroxylation is 2. The fourth-order valence-electron chi connectivity index (χ4n) is 4.28. The maximum atomic E-state index is 6.35. The Bertz CT molecular complexity index is 1360. The first-order chi connectivity index (χ1) is 15.7. The molecule has 0 aliphatic rings. The Labute approximate surface area is 186 Å². The zero-order valence-corrected chi connectivity index (χ0v) is 18.4. The third kappa shape index (κ3) is 3.84. The summed E-state index contributed by atoms with van der Waals surface area (Å²) in [6.45, 7) is 4.59. The summed E-state index contributed by atoms with van der Waals surface area (Å²) in [7, 11) is 0. The van der Waals surface area contributed by atoms with Crippen LogP contribution in [-0.4, -0.2) is 20.6 Å². The second kappa shape index (κ2) is 8.83. The van der Waals surface area contributed by atoms with Crippen molar-refractivity contribution in [2.75, 3.05) is 0 Å². The highest BCUT2D eigenvalue weighted by molar-refractivity contribution is 5.93. The van der Waals surface area contributed by atoms with Gasteiger partial charge in [0.25, 0.3) is 0 Å². The molecular formula is C26H26N4O2. The molecule has 6 heteroatoms. The lowest BCUT2D eigenvalue weighted by Gasteiger charge is -2.11. The normalized spacial score (nSPS) is 11.4. The fraction of sp³-hybridized carbons (Fsp3) is 0.269. The predicted molar refractivity (Wildman–Crippen MR) is 126 cm³/mol. The number of nitrogens with zero attached hydrogens (tertiary/aromatic N) is 3. The lowest BCUT2D eigenvalue weighted by Crippen LogP contribution is -1.99. The Morgan fingerprint density at radius 2 is 1.91 bits per heavy atom. The van der Waals surface area contributed by atoms with Gasteiger partial charge < -0.3 is 9.15 Å². The largest absolute Gasteiger partial charge is 0.485 e. The van der Waals surface area contributed by atoms with Crippen LogP contribution in [-0.2, 0) is 13.0 Å². The van der Waals surface area contributed by atoms with Crippen molar-refractivity contribution in [2.24, 2.45) is 0 Å². The van der Waals surface area contributed by atoms with E-state index in [1.54, 1.807) is 0 Å². The summed E-state index contributed by atoms with van der Waals surface area (Å²) in [6.07, 6.45) is 4.63. The topological polar surface area (TPSA) is 76.8 Å². The van der Waals surface area contributed by atoms with E-state index in [1.807, 2.05) is 12.1 Å². The average Bonchev–Trinajstić information content (AvgIpc) is 3.47. The molecule has 0 saturated heterocycles. The van der Waals surface area contributed by atoms with Gasteiger partial charge in [-0.1, -0.05) is 61.4 Å². The Kier molecular flexibility index (Phi) is 5.58. The molecule has 2 heterocycles. The van der Waals surface area contributed by atoms with Gasteiger partial charge in [0.1, 0.15) is 17.1 Å². The zero-order valence-electron chi connectivity index (χ0n) is 18.4. The molecule has 0 aliphatic heterocycles. The maximum Gasteiger partial charge on any atom is 0.211 e. The molecule has 1 N–H and O–H groups in total. The van der Waals surface area contributed by atoms with E-state index in [0.717, 1.165) is 45.4 Å². The van der Waals surface area contributed by atoms with Crippen LogP contribution in [0, 0.1) is 6.92 Å². The van der Waals surface area contributed by atoms with Crippen LogP contribution >= 0.6 is 0 Å². The van der Waals surface area contributed by atoms with E-state index >= 15 is 0 Å². The van der Waals surface area contributed by atoms with Gasteiger partial charge in [-0.25, -0.2) is 0 Å². The van der Waals surface area contributed by atoms with Crippen LogP contribution in [0.15, 0.2) is 59.0 Å². The van der Waals surface area contributed by atoms with Gasteiger partial charge in [0, 0.05) is 16.5 Å². The number of benzene rings is 3. The van der Waals surface area contributed by atoms with E-state index in [-0.39, 0.29) is 6.61 Å². The molecule has 0 unspecified atom stereocenters. The molecule has 0 bridgehead atoms. The summed E-state index contributed by atoms with van der Waals surface area (Å²) >= 11 is 0. The number of unbranched alkanes of at least 4 members (excludes halogenated alkanes) is 2. The van der Waals surface area contributed by atoms with Crippen LogP contribution < -0.4 is 4.74 Å². The lowest BCUT2D eigenvalue weighted by molar-refractivity contribution is 0.294. The quantitative estimate of drug-likeness (QED) is 0.291. The third-order valence-electron chi connectivity index (χ3n) is 5.98. The van der Waals surface area contributed by atoms with Gasteiger partial charge in [-0.05, 0) is 54.3 Å². The lowest BCUT2D eigenvalue weighted by atomic mass is 9.97. The van der Waals surface area contributed by atoms with Crippen LogP contribution in [0.2, 0.25) is 0 Å². The number of nitrogens with one attached hydrogen (secondary N) is 1. The molecule has 0 atom stereocenters. The molecule has 6 nitrogen and oxygen atoms in total. The molecule has 0 fully saturated rings. The third-order valence-corrected chi connectivity index (χ3v) is 5.98. The number of aromatic amines is 1. The van der Waals surface area contributed by atoms with Crippen LogP contribution in [0.1, 0.15) is 43.1 Å². The van der Waals surface area contributed by atoms with Crippen molar-refractivity contribution in [1.82, 2.24) is 20.6 Å². The number of hydrogen-bond acceptors (Lipinski definition) is 5. The van der Waals surface area contributed by atoms with Crippen molar-refractivity contribution in [3.63, 3.8) is 0 Å². The smallest absolute Gasteiger partial charge is 0.211 e. The van der Waals surface area contributed by atoms with Crippen molar-refractivity contribution < 1.29 is 9.15 Å². The molecule has 5 rings (SSSR count). The number of hydrogen-bond donors (Lipinski definition) is 1. The van der Waals surface area contributed by atoms with Gasteiger partial charge in [-0.2, -0.15) is 5.21 Å². The average molecular weight is 427 g/mol. The summed E-state index contributed by atoms with van der Waals surface area (Å²) in [5.74, 6) is 2.33. The number of H-pyrrole nitrogens is 1. The first kappa shape index (κ1) is 20.2. The molecule has 5 aromatic rings. The van der Waals surface area contributed by atoms with Crippen LogP contribution in [0.3, 0.4) is 0 Å². The second-order valence-electron chi connectivity index (χ2n) is 8.10. The first-order valence-corrected chi connectivity index (χ1v) is 11.1. The summed E-state index contributed by atoms with van der Waals surface area (Å²) < 4.78 is 12.3. The standard InChI is InChI=1S/C26H26N4O2/c1-3-4-5-9-22-21-8-6-7-10-24(21)32-26(22)19-11-13-20-17(2)23(14-12-18(20)15-19)31-16-25-27-29-30-28-25/h6-8,10-15H,3-5,9,16H2,1-2H3,(H,27,28,29,30). The summed E-state index contributed by atoms with van der Waals surface area (Å²) in [5.41, 5.74) is 4.46. The monoisotopic (exact) mass is 426 g/mol. The predicted octanol–water partition coefficient (Wildman–Crippen LogP) is 6.39. The first-order valence-electron chi connectivity index (χ1n) is 11.1. The number of ether oxygens (including phenoxy) is 1. The Hall–Kier alpha value is -3.67. The number of fused-ring (bicyclic) bond motifs is 2.